The first-order valence-electron chi connectivity index (χ1n) is 7.24. The van der Waals surface area contributed by atoms with Crippen molar-refractivity contribution in [3.8, 4) is 0 Å². The predicted molar refractivity (Wildman–Crippen MR) is 85.1 cm³/mol. The van der Waals surface area contributed by atoms with Gasteiger partial charge < -0.3 is 10.6 Å². The second-order valence-electron chi connectivity index (χ2n) is 5.51. The van der Waals surface area contributed by atoms with Crippen LogP contribution in [0.15, 0.2) is 24.3 Å². The Morgan fingerprint density at radius 2 is 1.85 bits per heavy atom. The normalized spacial score (nSPS) is 12.4. The number of nitrogens with one attached hydrogen (secondary N) is 2. The van der Waals surface area contributed by atoms with Crippen molar-refractivity contribution in [2.24, 2.45) is 0 Å². The van der Waals surface area contributed by atoms with Crippen molar-refractivity contribution in [3.05, 3.63) is 34.9 Å². The molecule has 0 radical (unpaired) electrons. The molecule has 1 aromatic rings. The quantitative estimate of drug-likeness (QED) is 0.724. The molecular formula is C16H25ClN2O. The van der Waals surface area contributed by atoms with Crippen LogP contribution >= 0.6 is 11.6 Å². The van der Waals surface area contributed by atoms with Gasteiger partial charge in [-0.25, -0.2) is 0 Å². The van der Waals surface area contributed by atoms with Crippen LogP contribution in [0.5, 0.6) is 0 Å². The molecule has 20 heavy (non-hydrogen) atoms. The molecule has 0 fully saturated rings. The molecule has 1 atom stereocenters. The molecule has 0 saturated heterocycles. The maximum absolute atomic E-state index is 11.8. The lowest BCUT2D eigenvalue weighted by Crippen LogP contribution is -2.34. The molecule has 0 aliphatic carbocycles. The van der Waals surface area contributed by atoms with Crippen LogP contribution in [0.2, 0.25) is 5.02 Å². The lowest BCUT2D eigenvalue weighted by atomic mass is 10.1. The van der Waals surface area contributed by atoms with Gasteiger partial charge in [-0.05, 0) is 44.0 Å². The number of carbonyl (C=O) groups excluding carboxylic acids is 1. The molecule has 0 saturated carbocycles. The summed E-state index contributed by atoms with van der Waals surface area (Å²) in [5, 5.41) is 7.08. The molecule has 0 spiro atoms. The first-order chi connectivity index (χ1) is 9.47. The molecule has 0 heterocycles. The van der Waals surface area contributed by atoms with Crippen molar-refractivity contribution < 1.29 is 4.79 Å². The SMILES string of the molecule is CC(C)NCCCC(=O)NC(C)Cc1ccc(Cl)cc1. The fourth-order valence-corrected chi connectivity index (χ4v) is 2.14. The Bertz CT molecular complexity index is 403. The summed E-state index contributed by atoms with van der Waals surface area (Å²) in [5.74, 6) is 0.122. The minimum absolute atomic E-state index is 0.122. The Morgan fingerprint density at radius 1 is 1.20 bits per heavy atom. The van der Waals surface area contributed by atoms with Crippen molar-refractivity contribution in [3.63, 3.8) is 0 Å². The van der Waals surface area contributed by atoms with Crippen molar-refractivity contribution in [1.82, 2.24) is 10.6 Å². The van der Waals surface area contributed by atoms with Crippen molar-refractivity contribution in [2.75, 3.05) is 6.54 Å². The summed E-state index contributed by atoms with van der Waals surface area (Å²) in [5.41, 5.74) is 1.18. The van der Waals surface area contributed by atoms with Gasteiger partial charge in [0.25, 0.3) is 0 Å². The van der Waals surface area contributed by atoms with Gasteiger partial charge in [0.15, 0.2) is 0 Å². The molecule has 112 valence electrons. The van der Waals surface area contributed by atoms with Crippen molar-refractivity contribution >= 4 is 17.5 Å². The van der Waals surface area contributed by atoms with Gasteiger partial charge >= 0.3 is 0 Å². The Kier molecular flexibility index (Phi) is 7.63. The van der Waals surface area contributed by atoms with Crippen LogP contribution in [0.1, 0.15) is 39.2 Å². The average molecular weight is 297 g/mol. The Hall–Kier alpha value is -1.06. The monoisotopic (exact) mass is 296 g/mol. The minimum Gasteiger partial charge on any atom is -0.353 e. The van der Waals surface area contributed by atoms with Gasteiger partial charge in [-0.1, -0.05) is 37.6 Å². The number of carbonyl (C=O) groups is 1. The molecular weight excluding hydrogens is 272 g/mol. The fourth-order valence-electron chi connectivity index (χ4n) is 2.01. The van der Waals surface area contributed by atoms with Crippen molar-refractivity contribution in [1.29, 1.82) is 0 Å². The number of hydrogen-bond acceptors (Lipinski definition) is 2. The van der Waals surface area contributed by atoms with Crippen LogP contribution in [0.25, 0.3) is 0 Å². The molecule has 4 heteroatoms. The second-order valence-corrected chi connectivity index (χ2v) is 5.95. The Balaban J connectivity index is 2.22. The topological polar surface area (TPSA) is 41.1 Å². The predicted octanol–water partition coefficient (Wildman–Crippen LogP) is 3.17. The van der Waals surface area contributed by atoms with Crippen LogP contribution in [0.3, 0.4) is 0 Å². The smallest absolute Gasteiger partial charge is 0.220 e. The van der Waals surface area contributed by atoms with Gasteiger partial charge in [-0.3, -0.25) is 4.79 Å². The van der Waals surface area contributed by atoms with Gasteiger partial charge in [-0.2, -0.15) is 0 Å². The van der Waals surface area contributed by atoms with E-state index in [-0.39, 0.29) is 11.9 Å². The maximum Gasteiger partial charge on any atom is 0.220 e. The molecule has 0 bridgehead atoms. The van der Waals surface area contributed by atoms with E-state index in [4.69, 9.17) is 11.6 Å². The van der Waals surface area contributed by atoms with E-state index in [9.17, 15) is 4.79 Å². The summed E-state index contributed by atoms with van der Waals surface area (Å²) >= 11 is 5.85. The molecule has 0 aromatic heterocycles. The van der Waals surface area contributed by atoms with Gasteiger partial charge in [0, 0.05) is 23.5 Å². The van der Waals surface area contributed by atoms with E-state index in [2.05, 4.69) is 24.5 Å². The lowest BCUT2D eigenvalue weighted by Gasteiger charge is -2.14. The number of benzene rings is 1. The molecule has 1 rings (SSSR count). The summed E-state index contributed by atoms with van der Waals surface area (Å²) in [6, 6.07) is 8.37. The first kappa shape index (κ1) is 17.0. The number of amides is 1. The van der Waals surface area contributed by atoms with E-state index in [0.29, 0.717) is 12.5 Å². The van der Waals surface area contributed by atoms with Crippen LogP contribution in [-0.4, -0.2) is 24.5 Å². The fraction of sp³-hybridized carbons (Fsp3) is 0.562. The third-order valence-electron chi connectivity index (χ3n) is 3.00. The van der Waals surface area contributed by atoms with Crippen LogP contribution < -0.4 is 10.6 Å². The Morgan fingerprint density at radius 3 is 2.45 bits per heavy atom. The highest BCUT2D eigenvalue weighted by Gasteiger charge is 2.08. The highest BCUT2D eigenvalue weighted by molar-refractivity contribution is 6.30. The molecule has 1 aromatic carbocycles. The standard InChI is InChI=1S/C16H25ClN2O/c1-12(2)18-10-4-5-16(20)19-13(3)11-14-6-8-15(17)9-7-14/h6-9,12-13,18H,4-5,10-11H2,1-3H3,(H,19,20). The van der Waals surface area contributed by atoms with Crippen LogP contribution in [-0.2, 0) is 11.2 Å². The third-order valence-corrected chi connectivity index (χ3v) is 3.25. The molecule has 1 amide bonds. The van der Waals surface area contributed by atoms with E-state index >= 15 is 0 Å². The van der Waals surface area contributed by atoms with Gasteiger partial charge in [0.2, 0.25) is 5.91 Å². The molecule has 3 nitrogen and oxygen atoms in total. The molecule has 1 unspecified atom stereocenters. The third kappa shape index (κ3) is 7.51. The largest absolute Gasteiger partial charge is 0.353 e. The lowest BCUT2D eigenvalue weighted by molar-refractivity contribution is -0.121. The van der Waals surface area contributed by atoms with Gasteiger partial charge in [0.1, 0.15) is 0 Å². The highest BCUT2D eigenvalue weighted by Crippen LogP contribution is 2.11. The number of halogens is 1. The summed E-state index contributed by atoms with van der Waals surface area (Å²) in [6.45, 7) is 7.12. The van der Waals surface area contributed by atoms with E-state index < -0.39 is 0 Å². The average Bonchev–Trinajstić information content (AvgIpc) is 2.37. The molecule has 0 aliphatic rings. The van der Waals surface area contributed by atoms with E-state index in [0.717, 1.165) is 24.4 Å². The van der Waals surface area contributed by atoms with Gasteiger partial charge in [-0.15, -0.1) is 0 Å². The Labute approximate surface area is 127 Å². The van der Waals surface area contributed by atoms with E-state index in [1.807, 2.05) is 31.2 Å². The first-order valence-corrected chi connectivity index (χ1v) is 7.62. The molecule has 2 N–H and O–H groups in total. The van der Waals surface area contributed by atoms with Gasteiger partial charge in [0.05, 0.1) is 0 Å². The summed E-state index contributed by atoms with van der Waals surface area (Å²) in [7, 11) is 0. The van der Waals surface area contributed by atoms with E-state index in [1.165, 1.54) is 5.56 Å². The maximum atomic E-state index is 11.8. The van der Waals surface area contributed by atoms with Crippen LogP contribution in [0.4, 0.5) is 0 Å². The molecule has 0 aliphatic heterocycles. The van der Waals surface area contributed by atoms with E-state index in [1.54, 1.807) is 0 Å². The zero-order valence-electron chi connectivity index (χ0n) is 12.6. The minimum atomic E-state index is 0.122. The summed E-state index contributed by atoms with van der Waals surface area (Å²) < 4.78 is 0. The van der Waals surface area contributed by atoms with Crippen LogP contribution in [0, 0.1) is 0 Å². The van der Waals surface area contributed by atoms with Crippen molar-refractivity contribution in [2.45, 2.75) is 52.1 Å². The highest BCUT2D eigenvalue weighted by atomic mass is 35.5. The summed E-state index contributed by atoms with van der Waals surface area (Å²) in [4.78, 5) is 11.8. The number of rotatable bonds is 8. The second kappa shape index (κ2) is 8.98. The zero-order valence-corrected chi connectivity index (χ0v) is 13.3. The number of hydrogen-bond donors (Lipinski definition) is 2. The summed E-state index contributed by atoms with van der Waals surface area (Å²) in [6.07, 6.45) is 2.27. The zero-order chi connectivity index (χ0) is 15.0.